The van der Waals surface area contributed by atoms with Gasteiger partial charge < -0.3 is 14.8 Å². The van der Waals surface area contributed by atoms with Crippen LogP contribution in [0.5, 0.6) is 0 Å². The van der Waals surface area contributed by atoms with E-state index < -0.39 is 0 Å². The summed E-state index contributed by atoms with van der Waals surface area (Å²) >= 11 is 0. The second kappa shape index (κ2) is 8.05. The van der Waals surface area contributed by atoms with Crippen molar-refractivity contribution < 1.29 is 19.1 Å². The van der Waals surface area contributed by atoms with Crippen LogP contribution >= 0.6 is 0 Å². The first-order valence-corrected chi connectivity index (χ1v) is 6.33. The molecule has 0 spiro atoms. The Morgan fingerprint density at radius 2 is 2.28 bits per heavy atom. The van der Waals surface area contributed by atoms with Crippen LogP contribution in [-0.2, 0) is 19.1 Å². The largest absolute Gasteiger partial charge is 0.469 e. The monoisotopic (exact) mass is 258 g/mol. The molecule has 104 valence electrons. The predicted octanol–water partition coefficient (Wildman–Crippen LogP) is -0.223. The Labute approximate surface area is 108 Å². The fourth-order valence-corrected chi connectivity index (χ4v) is 1.92. The Balaban J connectivity index is 2.26. The van der Waals surface area contributed by atoms with Gasteiger partial charge in [-0.25, -0.2) is 0 Å². The van der Waals surface area contributed by atoms with Crippen LogP contribution in [0.25, 0.3) is 0 Å². The van der Waals surface area contributed by atoms with Crippen molar-refractivity contribution in [2.75, 3.05) is 39.9 Å². The number of hydrogen-bond acceptors (Lipinski definition) is 5. The molecular weight excluding hydrogens is 236 g/mol. The van der Waals surface area contributed by atoms with E-state index in [9.17, 15) is 9.59 Å². The lowest BCUT2D eigenvalue weighted by molar-refractivity contribution is -0.145. The molecule has 6 nitrogen and oxygen atoms in total. The molecule has 0 aromatic carbocycles. The fraction of sp³-hybridized carbons (Fsp3) is 0.833. The zero-order chi connectivity index (χ0) is 13.4. The summed E-state index contributed by atoms with van der Waals surface area (Å²) in [5, 5.41) is 2.77. The summed E-state index contributed by atoms with van der Waals surface area (Å²) in [5.41, 5.74) is 0. The number of carbonyl (C=O) groups is 2. The number of esters is 1. The number of methoxy groups -OCH3 is 1. The van der Waals surface area contributed by atoms with E-state index >= 15 is 0 Å². The number of nitrogens with zero attached hydrogens (tertiary/aromatic N) is 1. The number of nitrogens with one attached hydrogen (secondary N) is 1. The molecule has 1 saturated heterocycles. The third-order valence-corrected chi connectivity index (χ3v) is 2.87. The molecule has 1 atom stereocenters. The lowest BCUT2D eigenvalue weighted by Crippen LogP contribution is -2.44. The summed E-state index contributed by atoms with van der Waals surface area (Å²) in [6.07, 6.45) is 0.632. The molecule has 1 fully saturated rings. The number of rotatable bonds is 6. The molecule has 6 heteroatoms. The van der Waals surface area contributed by atoms with E-state index in [1.807, 2.05) is 6.92 Å². The van der Waals surface area contributed by atoms with Gasteiger partial charge in [0.05, 0.1) is 26.2 Å². The van der Waals surface area contributed by atoms with E-state index in [0.29, 0.717) is 32.7 Å². The molecule has 1 unspecified atom stereocenters. The summed E-state index contributed by atoms with van der Waals surface area (Å²) in [4.78, 5) is 24.6. The SMILES string of the molecule is CCNC(=O)CCN1CCOC(CC(=O)OC)C1. The third kappa shape index (κ3) is 5.46. The van der Waals surface area contributed by atoms with Gasteiger partial charge in [-0.1, -0.05) is 0 Å². The van der Waals surface area contributed by atoms with E-state index in [4.69, 9.17) is 4.74 Å². The zero-order valence-corrected chi connectivity index (χ0v) is 11.1. The van der Waals surface area contributed by atoms with Crippen molar-refractivity contribution in [2.45, 2.75) is 25.9 Å². The van der Waals surface area contributed by atoms with Crippen molar-refractivity contribution in [3.8, 4) is 0 Å². The van der Waals surface area contributed by atoms with E-state index in [2.05, 4.69) is 15.0 Å². The van der Waals surface area contributed by atoms with Gasteiger partial charge in [-0.2, -0.15) is 0 Å². The van der Waals surface area contributed by atoms with Crippen LogP contribution in [0.15, 0.2) is 0 Å². The highest BCUT2D eigenvalue weighted by molar-refractivity contribution is 5.75. The van der Waals surface area contributed by atoms with Crippen LogP contribution in [0.1, 0.15) is 19.8 Å². The van der Waals surface area contributed by atoms with Gasteiger partial charge in [0.2, 0.25) is 5.91 Å². The highest BCUT2D eigenvalue weighted by atomic mass is 16.5. The molecule has 1 aliphatic heterocycles. The minimum absolute atomic E-state index is 0.0634. The first-order chi connectivity index (χ1) is 8.65. The van der Waals surface area contributed by atoms with Crippen molar-refractivity contribution in [3.63, 3.8) is 0 Å². The molecule has 1 N–H and O–H groups in total. The topological polar surface area (TPSA) is 67.9 Å². The second-order valence-corrected chi connectivity index (χ2v) is 4.28. The van der Waals surface area contributed by atoms with E-state index in [1.54, 1.807) is 0 Å². The van der Waals surface area contributed by atoms with Crippen LogP contribution in [0, 0.1) is 0 Å². The smallest absolute Gasteiger partial charge is 0.308 e. The van der Waals surface area contributed by atoms with Gasteiger partial charge in [0, 0.05) is 32.6 Å². The van der Waals surface area contributed by atoms with Gasteiger partial charge in [-0.05, 0) is 6.92 Å². The van der Waals surface area contributed by atoms with E-state index in [1.165, 1.54) is 7.11 Å². The Kier molecular flexibility index (Phi) is 6.67. The number of hydrogen-bond donors (Lipinski definition) is 1. The van der Waals surface area contributed by atoms with Crippen molar-refractivity contribution in [3.05, 3.63) is 0 Å². The molecule has 0 aromatic rings. The standard InChI is InChI=1S/C12H22N2O4/c1-3-13-11(15)4-5-14-6-7-18-10(9-14)8-12(16)17-2/h10H,3-9H2,1-2H3,(H,13,15). The maximum Gasteiger partial charge on any atom is 0.308 e. The first-order valence-electron chi connectivity index (χ1n) is 6.33. The summed E-state index contributed by atoms with van der Waals surface area (Å²) < 4.78 is 10.1. The summed E-state index contributed by atoms with van der Waals surface area (Å²) in [6, 6.07) is 0. The van der Waals surface area contributed by atoms with Gasteiger partial charge in [0.1, 0.15) is 0 Å². The molecule has 0 aromatic heterocycles. The lowest BCUT2D eigenvalue weighted by atomic mass is 10.2. The molecular formula is C12H22N2O4. The highest BCUT2D eigenvalue weighted by Crippen LogP contribution is 2.09. The maximum absolute atomic E-state index is 11.3. The number of amides is 1. The summed E-state index contributed by atoms with van der Waals surface area (Å²) in [6.45, 7) is 5.33. The van der Waals surface area contributed by atoms with Gasteiger partial charge >= 0.3 is 5.97 Å². The molecule has 0 aliphatic carbocycles. The predicted molar refractivity (Wildman–Crippen MR) is 66.1 cm³/mol. The lowest BCUT2D eigenvalue weighted by Gasteiger charge is -2.32. The van der Waals surface area contributed by atoms with Crippen LogP contribution in [0.2, 0.25) is 0 Å². The summed E-state index contributed by atoms with van der Waals surface area (Å²) in [5.74, 6) is -0.195. The van der Waals surface area contributed by atoms with Gasteiger partial charge in [-0.3, -0.25) is 14.5 Å². The molecule has 0 bridgehead atoms. The van der Waals surface area contributed by atoms with Gasteiger partial charge in [-0.15, -0.1) is 0 Å². The molecule has 1 rings (SSSR count). The normalized spacial score (nSPS) is 20.4. The van der Waals surface area contributed by atoms with Crippen molar-refractivity contribution >= 4 is 11.9 Å². The van der Waals surface area contributed by atoms with Gasteiger partial charge in [0.25, 0.3) is 0 Å². The average molecular weight is 258 g/mol. The Morgan fingerprint density at radius 1 is 1.50 bits per heavy atom. The number of morpholine rings is 1. The molecule has 1 aliphatic rings. The van der Waals surface area contributed by atoms with Crippen LogP contribution in [0.4, 0.5) is 0 Å². The Hall–Kier alpha value is -1.14. The van der Waals surface area contributed by atoms with Crippen molar-refractivity contribution in [1.29, 1.82) is 0 Å². The molecule has 0 saturated carbocycles. The highest BCUT2D eigenvalue weighted by Gasteiger charge is 2.23. The maximum atomic E-state index is 11.3. The van der Waals surface area contributed by atoms with Crippen LogP contribution < -0.4 is 5.32 Å². The average Bonchev–Trinajstić information content (AvgIpc) is 2.37. The first kappa shape index (κ1) is 14.9. The zero-order valence-electron chi connectivity index (χ0n) is 11.1. The molecule has 1 heterocycles. The Bertz CT molecular complexity index is 283. The summed E-state index contributed by atoms with van der Waals surface area (Å²) in [7, 11) is 1.37. The van der Waals surface area contributed by atoms with E-state index in [0.717, 1.165) is 6.54 Å². The number of carbonyl (C=O) groups excluding carboxylic acids is 2. The van der Waals surface area contributed by atoms with Crippen LogP contribution in [0.3, 0.4) is 0 Å². The minimum atomic E-state index is -0.259. The van der Waals surface area contributed by atoms with Crippen LogP contribution in [-0.4, -0.2) is 62.8 Å². The molecule has 18 heavy (non-hydrogen) atoms. The van der Waals surface area contributed by atoms with Gasteiger partial charge in [0.15, 0.2) is 0 Å². The third-order valence-electron chi connectivity index (χ3n) is 2.87. The fourth-order valence-electron chi connectivity index (χ4n) is 1.92. The number of ether oxygens (including phenoxy) is 2. The quantitative estimate of drug-likeness (QED) is 0.667. The molecule has 1 amide bonds. The van der Waals surface area contributed by atoms with E-state index in [-0.39, 0.29) is 24.4 Å². The van der Waals surface area contributed by atoms with Crippen molar-refractivity contribution in [1.82, 2.24) is 10.2 Å². The Morgan fingerprint density at radius 3 is 2.94 bits per heavy atom. The second-order valence-electron chi connectivity index (χ2n) is 4.28. The minimum Gasteiger partial charge on any atom is -0.469 e. The molecule has 0 radical (unpaired) electrons. The van der Waals surface area contributed by atoms with Crippen molar-refractivity contribution in [2.24, 2.45) is 0 Å².